The van der Waals surface area contributed by atoms with E-state index >= 15 is 0 Å². The Kier molecular flexibility index (Phi) is 4.73. The summed E-state index contributed by atoms with van der Waals surface area (Å²) in [6.07, 6.45) is 0. The van der Waals surface area contributed by atoms with Crippen LogP contribution in [-0.4, -0.2) is 20.9 Å². The topological polar surface area (TPSA) is 63.2 Å². The van der Waals surface area contributed by atoms with Crippen LogP contribution >= 0.6 is 26.6 Å². The van der Waals surface area contributed by atoms with Crippen molar-refractivity contribution in [3.05, 3.63) is 40.9 Å². The van der Waals surface area contributed by atoms with Gasteiger partial charge in [0.1, 0.15) is 0 Å². The fourth-order valence-corrected chi connectivity index (χ4v) is 1.96. The minimum atomic E-state index is -3.75. The van der Waals surface area contributed by atoms with Crippen LogP contribution in [0.3, 0.4) is 0 Å². The van der Waals surface area contributed by atoms with Gasteiger partial charge in [-0.3, -0.25) is 4.79 Å². The molecule has 1 N–H and O–H groups in total. The van der Waals surface area contributed by atoms with Crippen molar-refractivity contribution in [2.75, 3.05) is 6.54 Å². The second kappa shape index (κ2) is 5.66. The molecule has 1 rings (SSSR count). The average molecular weight is 339 g/mol. The van der Waals surface area contributed by atoms with E-state index in [1.54, 1.807) is 0 Å². The highest BCUT2D eigenvalue weighted by Gasteiger charge is 2.11. The van der Waals surface area contributed by atoms with Gasteiger partial charge in [0.15, 0.2) is 0 Å². The lowest BCUT2D eigenvalue weighted by Crippen LogP contribution is -2.24. The molecular formula is C10H9BrClNO3S. The van der Waals surface area contributed by atoms with Crippen LogP contribution in [0.5, 0.6) is 0 Å². The summed E-state index contributed by atoms with van der Waals surface area (Å²) in [5.41, 5.74) is 0.350. The van der Waals surface area contributed by atoms with Crippen molar-refractivity contribution >= 4 is 41.6 Å². The Morgan fingerprint density at radius 2 is 1.88 bits per heavy atom. The van der Waals surface area contributed by atoms with Crippen LogP contribution in [0.4, 0.5) is 0 Å². The predicted molar refractivity (Wildman–Crippen MR) is 69.9 cm³/mol. The summed E-state index contributed by atoms with van der Waals surface area (Å²) < 4.78 is 22.6. The molecule has 0 aliphatic heterocycles. The third-order valence-electron chi connectivity index (χ3n) is 1.84. The molecule has 0 atom stereocenters. The molecule has 0 aromatic heterocycles. The number of benzene rings is 1. The molecular weight excluding hydrogens is 330 g/mol. The van der Waals surface area contributed by atoms with Crippen LogP contribution in [0.15, 0.2) is 40.2 Å². The number of carbonyl (C=O) groups excluding carboxylic acids is 1. The maximum absolute atomic E-state index is 11.6. The second-order valence-corrected chi connectivity index (χ2v) is 6.85. The Bertz CT molecular complexity index is 539. The van der Waals surface area contributed by atoms with E-state index in [0.29, 0.717) is 16.6 Å². The molecule has 0 aliphatic rings. The molecule has 1 amide bonds. The number of hydrogen-bond donors (Lipinski definition) is 1. The fourth-order valence-electron chi connectivity index (χ4n) is 1.05. The fraction of sp³-hybridized carbons (Fsp3) is 0.100. The lowest BCUT2D eigenvalue weighted by Gasteiger charge is -2.04. The highest BCUT2D eigenvalue weighted by Crippen LogP contribution is 2.15. The second-order valence-electron chi connectivity index (χ2n) is 3.16. The minimum Gasteiger partial charge on any atom is -0.347 e. The number of nitrogens with one attached hydrogen (secondary N) is 1. The van der Waals surface area contributed by atoms with Crippen LogP contribution in [0.25, 0.3) is 0 Å². The van der Waals surface area contributed by atoms with Crippen molar-refractivity contribution in [2.45, 2.75) is 4.90 Å². The first-order valence-electron chi connectivity index (χ1n) is 4.47. The highest BCUT2D eigenvalue weighted by molar-refractivity contribution is 9.11. The number of rotatable bonds is 4. The van der Waals surface area contributed by atoms with Gasteiger partial charge in [0.2, 0.25) is 0 Å². The summed E-state index contributed by atoms with van der Waals surface area (Å²) >= 11 is 3.11. The molecule has 1 aromatic rings. The number of carbonyl (C=O) groups is 1. The first kappa shape index (κ1) is 14.2. The van der Waals surface area contributed by atoms with Crippen molar-refractivity contribution in [1.29, 1.82) is 0 Å². The first-order valence-corrected chi connectivity index (χ1v) is 7.57. The zero-order valence-electron chi connectivity index (χ0n) is 8.61. The number of amides is 1. The summed E-state index contributed by atoms with van der Waals surface area (Å²) in [6.45, 7) is 3.87. The lowest BCUT2D eigenvalue weighted by atomic mass is 10.2. The van der Waals surface area contributed by atoms with Crippen molar-refractivity contribution in [3.63, 3.8) is 0 Å². The Morgan fingerprint density at radius 3 is 2.29 bits per heavy atom. The van der Waals surface area contributed by atoms with Crippen LogP contribution in [0, 0.1) is 0 Å². The molecule has 0 unspecified atom stereocenters. The van der Waals surface area contributed by atoms with Crippen molar-refractivity contribution in [1.82, 2.24) is 5.32 Å². The van der Waals surface area contributed by atoms with Gasteiger partial charge >= 0.3 is 0 Å². The van der Waals surface area contributed by atoms with Gasteiger partial charge < -0.3 is 5.32 Å². The SMILES string of the molecule is C=C(Br)CNC(=O)c1ccc(S(=O)(=O)Cl)cc1. The molecule has 0 fully saturated rings. The maximum atomic E-state index is 11.6. The highest BCUT2D eigenvalue weighted by atomic mass is 79.9. The van der Waals surface area contributed by atoms with E-state index in [1.807, 2.05) is 0 Å². The molecule has 0 saturated heterocycles. The predicted octanol–water partition coefficient (Wildman–Crippen LogP) is 2.25. The molecule has 0 aliphatic carbocycles. The Hall–Kier alpha value is -0.850. The third kappa shape index (κ3) is 4.49. The molecule has 1 aromatic carbocycles. The van der Waals surface area contributed by atoms with Crippen LogP contribution in [-0.2, 0) is 9.05 Å². The summed E-state index contributed by atoms with van der Waals surface area (Å²) in [4.78, 5) is 11.5. The number of halogens is 2. The van der Waals surface area contributed by atoms with Crippen LogP contribution < -0.4 is 5.32 Å². The Morgan fingerprint density at radius 1 is 1.35 bits per heavy atom. The number of hydrogen-bond acceptors (Lipinski definition) is 3. The van der Waals surface area contributed by atoms with E-state index in [4.69, 9.17) is 10.7 Å². The van der Waals surface area contributed by atoms with Gasteiger partial charge in [-0.05, 0) is 24.3 Å². The van der Waals surface area contributed by atoms with Gasteiger partial charge in [0.05, 0.1) is 4.90 Å². The molecule has 17 heavy (non-hydrogen) atoms. The molecule has 0 saturated carbocycles. The van der Waals surface area contributed by atoms with E-state index in [2.05, 4.69) is 27.8 Å². The molecule has 0 radical (unpaired) electrons. The standard InChI is InChI=1S/C10H9BrClNO3S/c1-7(11)6-13-10(14)8-2-4-9(5-3-8)17(12,15)16/h2-5H,1,6H2,(H,13,14). The van der Waals surface area contributed by atoms with Gasteiger partial charge in [-0.1, -0.05) is 22.5 Å². The van der Waals surface area contributed by atoms with Gasteiger partial charge in [0.25, 0.3) is 15.0 Å². The molecule has 92 valence electrons. The lowest BCUT2D eigenvalue weighted by molar-refractivity contribution is 0.0957. The van der Waals surface area contributed by atoms with Gasteiger partial charge in [-0.15, -0.1) is 0 Å². The van der Waals surface area contributed by atoms with Crippen molar-refractivity contribution in [2.24, 2.45) is 0 Å². The molecule has 0 heterocycles. The van der Waals surface area contributed by atoms with Crippen molar-refractivity contribution in [3.8, 4) is 0 Å². The Labute approximate surface area is 112 Å². The van der Waals surface area contributed by atoms with Gasteiger partial charge in [0, 0.05) is 27.3 Å². The largest absolute Gasteiger partial charge is 0.347 e. The maximum Gasteiger partial charge on any atom is 0.261 e. The summed E-state index contributed by atoms with van der Waals surface area (Å²) in [5, 5.41) is 2.59. The summed E-state index contributed by atoms with van der Waals surface area (Å²) in [6, 6.07) is 5.34. The summed E-state index contributed by atoms with van der Waals surface area (Å²) in [7, 11) is 1.39. The third-order valence-corrected chi connectivity index (χ3v) is 3.49. The molecule has 0 spiro atoms. The van der Waals surface area contributed by atoms with Gasteiger partial charge in [-0.25, -0.2) is 8.42 Å². The minimum absolute atomic E-state index is 0.0411. The normalized spacial score (nSPS) is 10.9. The quantitative estimate of drug-likeness (QED) is 0.857. The van der Waals surface area contributed by atoms with Crippen LogP contribution in [0.2, 0.25) is 0 Å². The summed E-state index contributed by atoms with van der Waals surface area (Å²) in [5.74, 6) is -0.316. The molecule has 7 heteroatoms. The smallest absolute Gasteiger partial charge is 0.261 e. The van der Waals surface area contributed by atoms with E-state index in [-0.39, 0.29) is 10.8 Å². The Balaban J connectivity index is 2.81. The first-order chi connectivity index (χ1) is 7.80. The zero-order valence-corrected chi connectivity index (χ0v) is 11.8. The van der Waals surface area contributed by atoms with E-state index in [0.717, 1.165) is 0 Å². The zero-order chi connectivity index (χ0) is 13.1. The van der Waals surface area contributed by atoms with Crippen molar-refractivity contribution < 1.29 is 13.2 Å². The average Bonchev–Trinajstić information content (AvgIpc) is 2.25. The van der Waals surface area contributed by atoms with E-state index < -0.39 is 9.05 Å². The molecule has 4 nitrogen and oxygen atoms in total. The van der Waals surface area contributed by atoms with E-state index in [9.17, 15) is 13.2 Å². The van der Waals surface area contributed by atoms with Gasteiger partial charge in [-0.2, -0.15) is 0 Å². The molecule has 0 bridgehead atoms. The van der Waals surface area contributed by atoms with E-state index in [1.165, 1.54) is 24.3 Å². The van der Waals surface area contributed by atoms with Crippen LogP contribution in [0.1, 0.15) is 10.4 Å². The monoisotopic (exact) mass is 337 g/mol.